The lowest BCUT2D eigenvalue weighted by Crippen LogP contribution is -2.34. The highest BCUT2D eigenvalue weighted by Gasteiger charge is 2.21. The first-order valence-corrected chi connectivity index (χ1v) is 7.39. The molecule has 1 amide bonds. The van der Waals surface area contributed by atoms with E-state index in [1.807, 2.05) is 20.1 Å². The van der Waals surface area contributed by atoms with E-state index >= 15 is 0 Å². The second-order valence-electron chi connectivity index (χ2n) is 4.13. The first-order chi connectivity index (χ1) is 9.03. The Labute approximate surface area is 116 Å². The van der Waals surface area contributed by atoms with E-state index in [9.17, 15) is 14.9 Å². The van der Waals surface area contributed by atoms with Gasteiger partial charge in [-0.3, -0.25) is 14.9 Å². The fourth-order valence-electron chi connectivity index (χ4n) is 1.74. The molecule has 0 unspecified atom stereocenters. The lowest BCUT2D eigenvalue weighted by Gasteiger charge is -2.15. The number of nitro benzene ring substituents is 1. The van der Waals surface area contributed by atoms with Crippen molar-refractivity contribution in [2.24, 2.45) is 0 Å². The Morgan fingerprint density at radius 3 is 2.53 bits per heavy atom. The van der Waals surface area contributed by atoms with Gasteiger partial charge in [-0.05, 0) is 31.2 Å². The minimum Gasteiger partial charge on any atom is -0.349 e. The molecule has 1 N–H and O–H groups in total. The number of amides is 1. The van der Waals surface area contributed by atoms with Crippen LogP contribution >= 0.6 is 11.8 Å². The molecule has 0 saturated carbocycles. The third-order valence-electron chi connectivity index (χ3n) is 2.97. The molecule has 0 spiro atoms. The first kappa shape index (κ1) is 15.5. The average Bonchev–Trinajstić information content (AvgIpc) is 2.43. The highest BCUT2D eigenvalue weighted by molar-refractivity contribution is 7.98. The molecule has 1 aromatic carbocycles. The number of hydrogen-bond acceptors (Lipinski definition) is 4. The predicted octanol–water partition coefficient (Wildman–Crippen LogP) is 3.24. The van der Waals surface area contributed by atoms with Crippen LogP contribution in [0.15, 0.2) is 23.1 Å². The van der Waals surface area contributed by atoms with E-state index in [0.29, 0.717) is 0 Å². The van der Waals surface area contributed by atoms with Gasteiger partial charge in [0.25, 0.3) is 11.6 Å². The topological polar surface area (TPSA) is 72.2 Å². The first-order valence-electron chi connectivity index (χ1n) is 6.16. The molecular formula is C13H18N2O3S. The van der Waals surface area contributed by atoms with Gasteiger partial charge in [0.15, 0.2) is 0 Å². The molecule has 0 fully saturated rings. The van der Waals surface area contributed by atoms with Crippen LogP contribution in [0.25, 0.3) is 0 Å². The maximum absolute atomic E-state index is 12.1. The Hall–Kier alpha value is -1.56. The largest absolute Gasteiger partial charge is 0.349 e. The number of hydrogen-bond donors (Lipinski definition) is 1. The van der Waals surface area contributed by atoms with Gasteiger partial charge in [0.1, 0.15) is 5.56 Å². The van der Waals surface area contributed by atoms with Gasteiger partial charge >= 0.3 is 0 Å². The van der Waals surface area contributed by atoms with Crippen molar-refractivity contribution >= 4 is 23.4 Å². The fourth-order valence-corrected chi connectivity index (χ4v) is 2.18. The van der Waals surface area contributed by atoms with Crippen LogP contribution < -0.4 is 5.32 Å². The zero-order valence-electron chi connectivity index (χ0n) is 11.3. The summed E-state index contributed by atoms with van der Waals surface area (Å²) >= 11 is 1.45. The molecule has 5 nitrogen and oxygen atoms in total. The molecule has 0 heterocycles. The molecule has 0 atom stereocenters. The molecule has 1 aromatic rings. The molecule has 0 aliphatic rings. The smallest absolute Gasteiger partial charge is 0.282 e. The summed E-state index contributed by atoms with van der Waals surface area (Å²) < 4.78 is 0. The molecule has 0 bridgehead atoms. The van der Waals surface area contributed by atoms with Gasteiger partial charge in [0.2, 0.25) is 0 Å². The molecule has 19 heavy (non-hydrogen) atoms. The van der Waals surface area contributed by atoms with Gasteiger partial charge in [-0.15, -0.1) is 11.8 Å². The Kier molecular flexibility index (Phi) is 5.82. The van der Waals surface area contributed by atoms with Crippen LogP contribution in [0, 0.1) is 10.1 Å². The minimum absolute atomic E-state index is 0.0463. The summed E-state index contributed by atoms with van der Waals surface area (Å²) in [5.41, 5.74) is -0.0231. The van der Waals surface area contributed by atoms with E-state index in [-0.39, 0.29) is 23.2 Å². The lowest BCUT2D eigenvalue weighted by atomic mass is 10.1. The normalized spacial score (nSPS) is 10.5. The van der Waals surface area contributed by atoms with Crippen molar-refractivity contribution in [1.29, 1.82) is 0 Å². The second kappa shape index (κ2) is 7.13. The quantitative estimate of drug-likeness (QED) is 0.494. The molecule has 1 rings (SSSR count). The summed E-state index contributed by atoms with van der Waals surface area (Å²) in [4.78, 5) is 23.4. The van der Waals surface area contributed by atoms with Crippen molar-refractivity contribution in [3.63, 3.8) is 0 Å². The summed E-state index contributed by atoms with van der Waals surface area (Å²) in [6, 6.07) is 4.65. The van der Waals surface area contributed by atoms with E-state index in [2.05, 4.69) is 5.32 Å². The van der Waals surface area contributed by atoms with E-state index < -0.39 is 4.92 Å². The number of rotatable bonds is 6. The molecule has 0 saturated heterocycles. The number of nitrogens with zero attached hydrogens (tertiary/aromatic N) is 1. The number of benzene rings is 1. The van der Waals surface area contributed by atoms with Crippen molar-refractivity contribution in [3.8, 4) is 0 Å². The van der Waals surface area contributed by atoms with Gasteiger partial charge in [0, 0.05) is 17.0 Å². The van der Waals surface area contributed by atoms with Crippen molar-refractivity contribution in [2.45, 2.75) is 37.6 Å². The van der Waals surface area contributed by atoms with E-state index in [0.717, 1.165) is 17.7 Å². The predicted molar refractivity (Wildman–Crippen MR) is 76.7 cm³/mol. The van der Waals surface area contributed by atoms with Crippen LogP contribution in [0.2, 0.25) is 0 Å². The fraction of sp³-hybridized carbons (Fsp3) is 0.462. The van der Waals surface area contributed by atoms with Crippen LogP contribution in [-0.2, 0) is 0 Å². The standard InChI is InChI=1S/C13H18N2O3S/c1-4-9(5-2)14-13(16)11-8-10(19-3)6-7-12(11)15(17)18/h6-9H,4-5H2,1-3H3,(H,14,16). The molecule has 0 radical (unpaired) electrons. The van der Waals surface area contributed by atoms with E-state index in [1.54, 1.807) is 12.1 Å². The number of carbonyl (C=O) groups excluding carboxylic acids is 1. The Morgan fingerprint density at radius 1 is 1.42 bits per heavy atom. The zero-order valence-corrected chi connectivity index (χ0v) is 12.1. The lowest BCUT2D eigenvalue weighted by molar-refractivity contribution is -0.385. The van der Waals surface area contributed by atoms with E-state index in [1.165, 1.54) is 17.8 Å². The van der Waals surface area contributed by atoms with Crippen LogP contribution in [-0.4, -0.2) is 23.1 Å². The van der Waals surface area contributed by atoms with Crippen molar-refractivity contribution in [2.75, 3.05) is 6.26 Å². The van der Waals surface area contributed by atoms with Crippen molar-refractivity contribution < 1.29 is 9.72 Å². The monoisotopic (exact) mass is 282 g/mol. The average molecular weight is 282 g/mol. The van der Waals surface area contributed by atoms with Crippen LogP contribution in [0.3, 0.4) is 0 Å². The summed E-state index contributed by atoms with van der Waals surface area (Å²) in [5.74, 6) is -0.378. The highest BCUT2D eigenvalue weighted by Crippen LogP contribution is 2.24. The Morgan fingerprint density at radius 2 is 2.05 bits per heavy atom. The van der Waals surface area contributed by atoms with Crippen LogP contribution in [0.4, 0.5) is 5.69 Å². The van der Waals surface area contributed by atoms with Gasteiger partial charge in [-0.25, -0.2) is 0 Å². The number of nitro groups is 1. The zero-order chi connectivity index (χ0) is 14.4. The SMILES string of the molecule is CCC(CC)NC(=O)c1cc(SC)ccc1[N+](=O)[O-]. The van der Waals surface area contributed by atoms with E-state index in [4.69, 9.17) is 0 Å². The minimum atomic E-state index is -0.522. The Bertz CT molecular complexity index is 473. The highest BCUT2D eigenvalue weighted by atomic mass is 32.2. The Balaban J connectivity index is 3.08. The number of nitrogens with one attached hydrogen (secondary N) is 1. The summed E-state index contributed by atoms with van der Waals surface area (Å²) in [6.07, 6.45) is 3.47. The van der Waals surface area contributed by atoms with Gasteiger partial charge in [-0.2, -0.15) is 0 Å². The molecule has 104 valence electrons. The third-order valence-corrected chi connectivity index (χ3v) is 3.69. The maximum atomic E-state index is 12.1. The summed E-state index contributed by atoms with van der Waals surface area (Å²) in [7, 11) is 0. The molecule has 0 aliphatic heterocycles. The van der Waals surface area contributed by atoms with Crippen molar-refractivity contribution in [3.05, 3.63) is 33.9 Å². The summed E-state index contributed by atoms with van der Waals surface area (Å²) in [5, 5.41) is 13.8. The third kappa shape index (κ3) is 3.96. The van der Waals surface area contributed by atoms with Crippen LogP contribution in [0.5, 0.6) is 0 Å². The molecular weight excluding hydrogens is 264 g/mol. The molecule has 0 aromatic heterocycles. The second-order valence-corrected chi connectivity index (χ2v) is 5.01. The summed E-state index contributed by atoms with van der Waals surface area (Å²) in [6.45, 7) is 3.95. The van der Waals surface area contributed by atoms with Crippen molar-refractivity contribution in [1.82, 2.24) is 5.32 Å². The van der Waals surface area contributed by atoms with Gasteiger partial charge < -0.3 is 5.32 Å². The van der Waals surface area contributed by atoms with Gasteiger partial charge in [-0.1, -0.05) is 13.8 Å². The maximum Gasteiger partial charge on any atom is 0.282 e. The van der Waals surface area contributed by atoms with Crippen LogP contribution in [0.1, 0.15) is 37.0 Å². The van der Waals surface area contributed by atoms with Gasteiger partial charge in [0.05, 0.1) is 4.92 Å². The molecule has 0 aliphatic carbocycles. The molecule has 6 heteroatoms. The number of thioether (sulfide) groups is 1. The number of carbonyl (C=O) groups is 1.